The van der Waals surface area contributed by atoms with E-state index in [0.717, 1.165) is 25.4 Å². The molecule has 1 N–H and O–H groups in total. The summed E-state index contributed by atoms with van der Waals surface area (Å²) in [5, 5.41) is 9.70. The van der Waals surface area contributed by atoms with Gasteiger partial charge in [0.15, 0.2) is 0 Å². The summed E-state index contributed by atoms with van der Waals surface area (Å²) in [5.41, 5.74) is 0.136. The first-order chi connectivity index (χ1) is 8.73. The number of rotatable bonds is 5. The molecule has 3 nitrogen and oxygen atoms in total. The van der Waals surface area contributed by atoms with Gasteiger partial charge < -0.3 is 5.11 Å². The SMILES string of the molecule is CCC(CC)(CO)CN1CCN2CCCCC2C1. The van der Waals surface area contributed by atoms with Crippen LogP contribution < -0.4 is 0 Å². The van der Waals surface area contributed by atoms with Crippen molar-refractivity contribution in [3.8, 4) is 0 Å². The van der Waals surface area contributed by atoms with E-state index in [0.29, 0.717) is 6.61 Å². The number of aliphatic hydroxyl groups is 1. The maximum Gasteiger partial charge on any atom is 0.0499 e. The standard InChI is InChI=1S/C15H30N2O/c1-3-15(4-2,13-18)12-16-9-10-17-8-6-5-7-14(17)11-16/h14,18H,3-13H2,1-2H3. The van der Waals surface area contributed by atoms with Crippen LogP contribution in [0, 0.1) is 5.41 Å². The Morgan fingerprint density at radius 2 is 1.89 bits per heavy atom. The summed E-state index contributed by atoms with van der Waals surface area (Å²) in [6.07, 6.45) is 6.35. The summed E-state index contributed by atoms with van der Waals surface area (Å²) in [5.74, 6) is 0. The Morgan fingerprint density at radius 1 is 1.11 bits per heavy atom. The lowest BCUT2D eigenvalue weighted by atomic mass is 9.82. The molecule has 2 aliphatic heterocycles. The zero-order valence-electron chi connectivity index (χ0n) is 12.2. The predicted octanol–water partition coefficient (Wildman–Crippen LogP) is 1.96. The topological polar surface area (TPSA) is 26.7 Å². The second-order valence-electron chi connectivity index (χ2n) is 6.29. The summed E-state index contributed by atoms with van der Waals surface area (Å²) in [4.78, 5) is 5.29. The molecule has 3 heteroatoms. The van der Waals surface area contributed by atoms with Gasteiger partial charge in [0.2, 0.25) is 0 Å². The number of piperazine rings is 1. The first kappa shape index (κ1) is 14.3. The molecule has 2 saturated heterocycles. The van der Waals surface area contributed by atoms with Gasteiger partial charge in [-0.3, -0.25) is 9.80 Å². The molecule has 0 aromatic carbocycles. The Kier molecular flexibility index (Phi) is 5.05. The Balaban J connectivity index is 1.90. The Morgan fingerprint density at radius 3 is 2.56 bits per heavy atom. The van der Waals surface area contributed by atoms with Crippen LogP contribution in [0.4, 0.5) is 0 Å². The van der Waals surface area contributed by atoms with E-state index in [9.17, 15) is 5.11 Å². The van der Waals surface area contributed by atoms with Gasteiger partial charge in [0, 0.05) is 44.2 Å². The van der Waals surface area contributed by atoms with Gasteiger partial charge in [-0.25, -0.2) is 0 Å². The monoisotopic (exact) mass is 254 g/mol. The van der Waals surface area contributed by atoms with Crippen molar-refractivity contribution >= 4 is 0 Å². The molecule has 0 spiro atoms. The maximum atomic E-state index is 9.70. The van der Waals surface area contributed by atoms with Gasteiger partial charge >= 0.3 is 0 Å². The van der Waals surface area contributed by atoms with Crippen LogP contribution in [0.25, 0.3) is 0 Å². The minimum absolute atomic E-state index is 0.136. The highest BCUT2D eigenvalue weighted by Gasteiger charge is 2.33. The number of aliphatic hydroxyl groups excluding tert-OH is 1. The Bertz CT molecular complexity index is 245. The average Bonchev–Trinajstić information content (AvgIpc) is 2.45. The molecule has 1 atom stereocenters. The third-order valence-electron chi connectivity index (χ3n) is 5.32. The normalized spacial score (nSPS) is 27.2. The number of fused-ring (bicyclic) bond motifs is 1. The van der Waals surface area contributed by atoms with Gasteiger partial charge in [-0.15, -0.1) is 0 Å². The molecule has 18 heavy (non-hydrogen) atoms. The highest BCUT2D eigenvalue weighted by atomic mass is 16.3. The lowest BCUT2D eigenvalue weighted by Crippen LogP contribution is -2.56. The van der Waals surface area contributed by atoms with E-state index in [1.807, 2.05) is 0 Å². The molecular weight excluding hydrogens is 224 g/mol. The third kappa shape index (κ3) is 3.06. The fraction of sp³-hybridized carbons (Fsp3) is 1.00. The molecule has 0 aliphatic carbocycles. The summed E-state index contributed by atoms with van der Waals surface area (Å²) < 4.78 is 0. The number of hydrogen-bond acceptors (Lipinski definition) is 3. The van der Waals surface area contributed by atoms with Crippen molar-refractivity contribution in [3.63, 3.8) is 0 Å². The van der Waals surface area contributed by atoms with Crippen LogP contribution in [0.2, 0.25) is 0 Å². The van der Waals surface area contributed by atoms with Crippen LogP contribution in [0.3, 0.4) is 0 Å². The highest BCUT2D eigenvalue weighted by molar-refractivity contribution is 4.88. The lowest BCUT2D eigenvalue weighted by Gasteiger charge is -2.46. The van der Waals surface area contributed by atoms with Crippen molar-refractivity contribution in [1.82, 2.24) is 9.80 Å². The number of piperidine rings is 1. The van der Waals surface area contributed by atoms with Gasteiger partial charge in [-0.2, -0.15) is 0 Å². The van der Waals surface area contributed by atoms with Crippen LogP contribution >= 0.6 is 0 Å². The lowest BCUT2D eigenvalue weighted by molar-refractivity contribution is 0.00599. The summed E-state index contributed by atoms with van der Waals surface area (Å²) in [7, 11) is 0. The van der Waals surface area contributed by atoms with Crippen molar-refractivity contribution in [1.29, 1.82) is 0 Å². The van der Waals surface area contributed by atoms with Gasteiger partial charge in [0.05, 0.1) is 0 Å². The van der Waals surface area contributed by atoms with E-state index in [1.165, 1.54) is 45.4 Å². The zero-order chi connectivity index (χ0) is 13.0. The first-order valence-corrected chi connectivity index (χ1v) is 7.80. The van der Waals surface area contributed by atoms with Crippen molar-refractivity contribution in [2.45, 2.75) is 52.0 Å². The van der Waals surface area contributed by atoms with Crippen LogP contribution in [0.15, 0.2) is 0 Å². The fourth-order valence-electron chi connectivity index (χ4n) is 3.59. The van der Waals surface area contributed by atoms with Crippen molar-refractivity contribution in [2.75, 3.05) is 39.3 Å². The molecule has 2 heterocycles. The van der Waals surface area contributed by atoms with Crippen LogP contribution in [0.1, 0.15) is 46.0 Å². The largest absolute Gasteiger partial charge is 0.396 e. The molecule has 1 unspecified atom stereocenters. The second-order valence-corrected chi connectivity index (χ2v) is 6.29. The number of nitrogens with zero attached hydrogens (tertiary/aromatic N) is 2. The quantitative estimate of drug-likeness (QED) is 0.812. The summed E-state index contributed by atoms with van der Waals surface area (Å²) >= 11 is 0. The van der Waals surface area contributed by atoms with E-state index in [1.54, 1.807) is 0 Å². The molecule has 0 saturated carbocycles. The van der Waals surface area contributed by atoms with E-state index < -0.39 is 0 Å². The number of hydrogen-bond donors (Lipinski definition) is 1. The average molecular weight is 254 g/mol. The smallest absolute Gasteiger partial charge is 0.0499 e. The predicted molar refractivity (Wildman–Crippen MR) is 75.8 cm³/mol. The second kappa shape index (κ2) is 6.36. The third-order valence-corrected chi connectivity index (χ3v) is 5.32. The Labute approximate surface area is 112 Å². The minimum Gasteiger partial charge on any atom is -0.396 e. The van der Waals surface area contributed by atoms with Crippen LogP contribution in [0.5, 0.6) is 0 Å². The molecule has 0 radical (unpaired) electrons. The van der Waals surface area contributed by atoms with Gasteiger partial charge in [-0.05, 0) is 32.2 Å². The molecule has 0 aromatic heterocycles. The van der Waals surface area contributed by atoms with E-state index in [-0.39, 0.29) is 5.41 Å². The van der Waals surface area contributed by atoms with Crippen molar-refractivity contribution in [2.24, 2.45) is 5.41 Å². The molecule has 0 aromatic rings. The Hall–Kier alpha value is -0.120. The van der Waals surface area contributed by atoms with Gasteiger partial charge in [-0.1, -0.05) is 20.3 Å². The summed E-state index contributed by atoms with van der Waals surface area (Å²) in [6.45, 7) is 10.8. The first-order valence-electron chi connectivity index (χ1n) is 7.80. The molecule has 0 bridgehead atoms. The molecular formula is C15H30N2O. The molecule has 106 valence electrons. The van der Waals surface area contributed by atoms with Crippen LogP contribution in [-0.2, 0) is 0 Å². The maximum absolute atomic E-state index is 9.70. The van der Waals surface area contributed by atoms with Gasteiger partial charge in [0.25, 0.3) is 0 Å². The minimum atomic E-state index is 0.136. The van der Waals surface area contributed by atoms with Gasteiger partial charge in [0.1, 0.15) is 0 Å². The summed E-state index contributed by atoms with van der Waals surface area (Å²) in [6, 6.07) is 0.789. The highest BCUT2D eigenvalue weighted by Crippen LogP contribution is 2.29. The van der Waals surface area contributed by atoms with E-state index >= 15 is 0 Å². The molecule has 2 rings (SSSR count). The fourth-order valence-corrected chi connectivity index (χ4v) is 3.59. The van der Waals surface area contributed by atoms with E-state index in [2.05, 4.69) is 23.6 Å². The van der Waals surface area contributed by atoms with E-state index in [4.69, 9.17) is 0 Å². The van der Waals surface area contributed by atoms with Crippen molar-refractivity contribution in [3.05, 3.63) is 0 Å². The molecule has 0 amide bonds. The van der Waals surface area contributed by atoms with Crippen LogP contribution in [-0.4, -0.2) is 60.3 Å². The van der Waals surface area contributed by atoms with Crippen molar-refractivity contribution < 1.29 is 5.11 Å². The molecule has 2 aliphatic rings. The zero-order valence-corrected chi connectivity index (χ0v) is 12.2. The molecule has 2 fully saturated rings.